The lowest BCUT2D eigenvalue weighted by molar-refractivity contribution is 0.350. The van der Waals surface area contributed by atoms with Crippen LogP contribution in [0.4, 0.5) is 0 Å². The standard InChI is InChI=1S/C19H16O/c1-13-9-10-16-12-15-6-3-4-7-17(15)18(8-5-11-20)19(16)14(13)2/h3-4,6-7,9-10,12,20H,11H2,1-2H3. The molecule has 0 spiro atoms. The summed E-state index contributed by atoms with van der Waals surface area (Å²) in [6.45, 7) is 4.14. The molecule has 0 heterocycles. The minimum absolute atomic E-state index is 0.115. The second kappa shape index (κ2) is 5.00. The van der Waals surface area contributed by atoms with Crippen LogP contribution in [0.5, 0.6) is 0 Å². The van der Waals surface area contributed by atoms with Crippen LogP contribution in [0.3, 0.4) is 0 Å². The number of benzene rings is 3. The lowest BCUT2D eigenvalue weighted by Gasteiger charge is -2.11. The third-order valence-corrected chi connectivity index (χ3v) is 3.85. The molecule has 0 saturated carbocycles. The van der Waals surface area contributed by atoms with Crippen LogP contribution >= 0.6 is 0 Å². The summed E-state index contributed by atoms with van der Waals surface area (Å²) in [6, 6.07) is 14.8. The van der Waals surface area contributed by atoms with E-state index in [2.05, 4.69) is 56.0 Å². The first-order chi connectivity index (χ1) is 9.72. The number of rotatable bonds is 0. The Hall–Kier alpha value is -2.30. The zero-order valence-corrected chi connectivity index (χ0v) is 11.7. The van der Waals surface area contributed by atoms with Crippen LogP contribution < -0.4 is 0 Å². The van der Waals surface area contributed by atoms with Gasteiger partial charge in [0.15, 0.2) is 0 Å². The van der Waals surface area contributed by atoms with Gasteiger partial charge in [-0.05, 0) is 47.2 Å². The van der Waals surface area contributed by atoms with Crippen molar-refractivity contribution in [2.24, 2.45) is 0 Å². The maximum Gasteiger partial charge on any atom is 0.104 e. The summed E-state index contributed by atoms with van der Waals surface area (Å²) in [5.74, 6) is 5.95. The largest absolute Gasteiger partial charge is 0.384 e. The Balaban J connectivity index is 2.56. The molecule has 0 bridgehead atoms. The van der Waals surface area contributed by atoms with E-state index in [0.29, 0.717) is 0 Å². The molecule has 0 fully saturated rings. The minimum Gasteiger partial charge on any atom is -0.384 e. The molecule has 0 radical (unpaired) electrons. The number of hydrogen-bond donors (Lipinski definition) is 1. The molecule has 0 aliphatic rings. The number of fused-ring (bicyclic) bond motifs is 2. The number of aryl methyl sites for hydroxylation is 2. The van der Waals surface area contributed by atoms with Crippen molar-refractivity contribution in [1.82, 2.24) is 0 Å². The van der Waals surface area contributed by atoms with Crippen LogP contribution in [0.25, 0.3) is 21.5 Å². The van der Waals surface area contributed by atoms with Gasteiger partial charge in [-0.1, -0.05) is 48.2 Å². The van der Waals surface area contributed by atoms with Gasteiger partial charge in [0.2, 0.25) is 0 Å². The predicted octanol–water partition coefficient (Wildman–Crippen LogP) is 3.95. The molecule has 1 N–H and O–H groups in total. The fraction of sp³-hybridized carbons (Fsp3) is 0.158. The molecule has 0 aromatic heterocycles. The van der Waals surface area contributed by atoms with E-state index in [-0.39, 0.29) is 6.61 Å². The minimum atomic E-state index is -0.115. The Morgan fingerprint density at radius 3 is 2.60 bits per heavy atom. The van der Waals surface area contributed by atoms with E-state index >= 15 is 0 Å². The van der Waals surface area contributed by atoms with Crippen LogP contribution in [-0.2, 0) is 0 Å². The molecule has 3 aromatic carbocycles. The molecule has 0 aliphatic carbocycles. The number of hydrogen-bond acceptors (Lipinski definition) is 1. The van der Waals surface area contributed by atoms with Gasteiger partial charge >= 0.3 is 0 Å². The van der Waals surface area contributed by atoms with E-state index in [1.165, 1.54) is 27.3 Å². The summed E-state index contributed by atoms with van der Waals surface area (Å²) < 4.78 is 0. The average Bonchev–Trinajstić information content (AvgIpc) is 2.47. The highest BCUT2D eigenvalue weighted by Crippen LogP contribution is 2.31. The molecule has 0 amide bonds. The zero-order chi connectivity index (χ0) is 14.1. The lowest BCUT2D eigenvalue weighted by atomic mass is 9.92. The average molecular weight is 260 g/mol. The van der Waals surface area contributed by atoms with E-state index in [9.17, 15) is 0 Å². The van der Waals surface area contributed by atoms with Gasteiger partial charge in [0.05, 0.1) is 0 Å². The Kier molecular flexibility index (Phi) is 3.18. The van der Waals surface area contributed by atoms with E-state index in [1.54, 1.807) is 0 Å². The van der Waals surface area contributed by atoms with Gasteiger partial charge < -0.3 is 5.11 Å². The fourth-order valence-corrected chi connectivity index (χ4v) is 2.70. The normalized spacial score (nSPS) is 10.6. The molecule has 98 valence electrons. The summed E-state index contributed by atoms with van der Waals surface area (Å²) in [5, 5.41) is 13.8. The summed E-state index contributed by atoms with van der Waals surface area (Å²) >= 11 is 0. The topological polar surface area (TPSA) is 20.2 Å². The van der Waals surface area contributed by atoms with Gasteiger partial charge in [0.25, 0.3) is 0 Å². The summed E-state index contributed by atoms with van der Waals surface area (Å²) in [4.78, 5) is 0. The maximum atomic E-state index is 9.02. The molecule has 0 unspecified atom stereocenters. The van der Waals surface area contributed by atoms with E-state index in [4.69, 9.17) is 5.11 Å². The lowest BCUT2D eigenvalue weighted by Crippen LogP contribution is -1.90. The molecule has 3 aromatic rings. The first-order valence-corrected chi connectivity index (χ1v) is 6.74. The first kappa shape index (κ1) is 12.7. The van der Waals surface area contributed by atoms with E-state index in [0.717, 1.165) is 10.9 Å². The highest BCUT2D eigenvalue weighted by molar-refractivity contribution is 6.06. The molecular weight excluding hydrogens is 244 g/mol. The van der Waals surface area contributed by atoms with E-state index in [1.807, 2.05) is 12.1 Å². The van der Waals surface area contributed by atoms with Gasteiger partial charge in [0, 0.05) is 10.9 Å². The van der Waals surface area contributed by atoms with Crippen LogP contribution in [0.1, 0.15) is 16.7 Å². The summed E-state index contributed by atoms with van der Waals surface area (Å²) in [6.07, 6.45) is 0. The van der Waals surface area contributed by atoms with Crippen molar-refractivity contribution < 1.29 is 5.11 Å². The van der Waals surface area contributed by atoms with Crippen molar-refractivity contribution in [2.75, 3.05) is 6.61 Å². The van der Waals surface area contributed by atoms with Crippen LogP contribution in [0, 0.1) is 25.7 Å². The van der Waals surface area contributed by atoms with Crippen LogP contribution in [-0.4, -0.2) is 11.7 Å². The predicted molar refractivity (Wildman–Crippen MR) is 84.9 cm³/mol. The Bertz CT molecular complexity index is 863. The second-order valence-electron chi connectivity index (χ2n) is 5.04. The molecule has 1 heteroatoms. The van der Waals surface area contributed by atoms with Crippen LogP contribution in [0.15, 0.2) is 42.5 Å². The second-order valence-corrected chi connectivity index (χ2v) is 5.04. The highest BCUT2D eigenvalue weighted by Gasteiger charge is 2.09. The Morgan fingerprint density at radius 2 is 1.80 bits per heavy atom. The van der Waals surface area contributed by atoms with Crippen molar-refractivity contribution in [3.63, 3.8) is 0 Å². The van der Waals surface area contributed by atoms with Crippen molar-refractivity contribution in [3.8, 4) is 11.8 Å². The molecule has 0 aliphatic heterocycles. The van der Waals surface area contributed by atoms with E-state index < -0.39 is 0 Å². The molecular formula is C19H16O. The number of aliphatic hydroxyl groups excluding tert-OH is 1. The number of aliphatic hydroxyl groups is 1. The highest BCUT2D eigenvalue weighted by atomic mass is 16.2. The zero-order valence-electron chi connectivity index (χ0n) is 11.7. The molecule has 3 rings (SSSR count). The molecule has 0 atom stereocenters. The van der Waals surface area contributed by atoms with Gasteiger partial charge in [-0.3, -0.25) is 0 Å². The summed E-state index contributed by atoms with van der Waals surface area (Å²) in [5.41, 5.74) is 3.55. The Labute approximate surface area is 118 Å². The van der Waals surface area contributed by atoms with Gasteiger partial charge in [-0.15, -0.1) is 0 Å². The maximum absolute atomic E-state index is 9.02. The van der Waals surface area contributed by atoms with Crippen molar-refractivity contribution in [1.29, 1.82) is 0 Å². The third kappa shape index (κ3) is 1.95. The van der Waals surface area contributed by atoms with Crippen molar-refractivity contribution >= 4 is 21.5 Å². The van der Waals surface area contributed by atoms with Crippen molar-refractivity contribution in [2.45, 2.75) is 13.8 Å². The van der Waals surface area contributed by atoms with Gasteiger partial charge in [-0.25, -0.2) is 0 Å². The SMILES string of the molecule is Cc1ccc2cc3ccccc3c(C#CCO)c2c1C. The Morgan fingerprint density at radius 1 is 1.00 bits per heavy atom. The van der Waals surface area contributed by atoms with Gasteiger partial charge in [0.1, 0.15) is 6.61 Å². The molecule has 0 saturated heterocycles. The molecule has 1 nitrogen and oxygen atoms in total. The van der Waals surface area contributed by atoms with Crippen molar-refractivity contribution in [3.05, 3.63) is 59.2 Å². The first-order valence-electron chi connectivity index (χ1n) is 6.74. The molecule has 20 heavy (non-hydrogen) atoms. The smallest absolute Gasteiger partial charge is 0.104 e. The van der Waals surface area contributed by atoms with Gasteiger partial charge in [-0.2, -0.15) is 0 Å². The third-order valence-electron chi connectivity index (χ3n) is 3.85. The van der Waals surface area contributed by atoms with Crippen LogP contribution in [0.2, 0.25) is 0 Å². The fourth-order valence-electron chi connectivity index (χ4n) is 2.70. The quantitative estimate of drug-likeness (QED) is 0.479. The monoisotopic (exact) mass is 260 g/mol. The summed E-state index contributed by atoms with van der Waals surface area (Å²) in [7, 11) is 0.